The number of rotatable bonds is 6. The smallest absolute Gasteiger partial charge is 0.133 e. The van der Waals surface area contributed by atoms with Crippen LogP contribution < -0.4 is 5.32 Å². The summed E-state index contributed by atoms with van der Waals surface area (Å²) in [7, 11) is 1.99. The lowest BCUT2D eigenvalue weighted by atomic mass is 10.3. The van der Waals surface area contributed by atoms with E-state index in [9.17, 15) is 0 Å². The van der Waals surface area contributed by atoms with E-state index < -0.39 is 0 Å². The van der Waals surface area contributed by atoms with E-state index in [1.807, 2.05) is 11.6 Å². The van der Waals surface area contributed by atoms with E-state index in [4.69, 9.17) is 0 Å². The topological polar surface area (TPSA) is 42.7 Å². The third-order valence-electron chi connectivity index (χ3n) is 2.76. The SMILES string of the molecule is Cn1cnnc1CCNCCC1CC1. The largest absolute Gasteiger partial charge is 0.321 e. The lowest BCUT2D eigenvalue weighted by Gasteiger charge is -2.03. The van der Waals surface area contributed by atoms with E-state index >= 15 is 0 Å². The van der Waals surface area contributed by atoms with Gasteiger partial charge in [0, 0.05) is 20.0 Å². The molecule has 2 rings (SSSR count). The monoisotopic (exact) mass is 194 g/mol. The van der Waals surface area contributed by atoms with Gasteiger partial charge in [-0.15, -0.1) is 10.2 Å². The van der Waals surface area contributed by atoms with Gasteiger partial charge in [0.05, 0.1) is 0 Å². The molecule has 0 amide bonds. The second kappa shape index (κ2) is 4.55. The van der Waals surface area contributed by atoms with E-state index in [1.165, 1.54) is 19.3 Å². The van der Waals surface area contributed by atoms with Crippen LogP contribution in [0.4, 0.5) is 0 Å². The van der Waals surface area contributed by atoms with Crippen LogP contribution in [-0.4, -0.2) is 27.9 Å². The molecule has 1 N–H and O–H groups in total. The standard InChI is InChI=1S/C10H18N4/c1-14-8-12-13-10(14)5-7-11-6-4-9-2-3-9/h8-9,11H,2-7H2,1H3. The summed E-state index contributed by atoms with van der Waals surface area (Å²) >= 11 is 0. The molecule has 0 unspecified atom stereocenters. The molecule has 1 heterocycles. The maximum atomic E-state index is 4.03. The van der Waals surface area contributed by atoms with Crippen LogP contribution in [0.1, 0.15) is 25.1 Å². The Morgan fingerprint density at radius 2 is 2.36 bits per heavy atom. The summed E-state index contributed by atoms with van der Waals surface area (Å²) < 4.78 is 1.97. The maximum absolute atomic E-state index is 4.03. The minimum Gasteiger partial charge on any atom is -0.321 e. The minimum absolute atomic E-state index is 0.973. The van der Waals surface area contributed by atoms with Crippen molar-refractivity contribution in [3.63, 3.8) is 0 Å². The average molecular weight is 194 g/mol. The maximum Gasteiger partial charge on any atom is 0.133 e. The Hall–Kier alpha value is -0.900. The third-order valence-corrected chi connectivity index (χ3v) is 2.76. The molecule has 0 spiro atoms. The van der Waals surface area contributed by atoms with Gasteiger partial charge < -0.3 is 9.88 Å². The number of hydrogen-bond donors (Lipinski definition) is 1. The lowest BCUT2D eigenvalue weighted by molar-refractivity contribution is 0.600. The van der Waals surface area contributed by atoms with Crippen LogP contribution in [0.2, 0.25) is 0 Å². The van der Waals surface area contributed by atoms with Gasteiger partial charge in [0.2, 0.25) is 0 Å². The van der Waals surface area contributed by atoms with Crippen molar-refractivity contribution in [1.29, 1.82) is 0 Å². The van der Waals surface area contributed by atoms with E-state index in [2.05, 4.69) is 15.5 Å². The quantitative estimate of drug-likeness (QED) is 0.679. The van der Waals surface area contributed by atoms with Crippen molar-refractivity contribution in [2.24, 2.45) is 13.0 Å². The molecule has 1 aliphatic rings. The summed E-state index contributed by atoms with van der Waals surface area (Å²) in [6.45, 7) is 2.17. The van der Waals surface area contributed by atoms with Crippen LogP contribution in [0.3, 0.4) is 0 Å². The first kappa shape index (κ1) is 9.65. The fourth-order valence-electron chi connectivity index (χ4n) is 1.57. The van der Waals surface area contributed by atoms with Gasteiger partial charge in [0.25, 0.3) is 0 Å². The molecule has 0 saturated heterocycles. The molecule has 1 aromatic rings. The van der Waals surface area contributed by atoms with E-state index in [-0.39, 0.29) is 0 Å². The summed E-state index contributed by atoms with van der Waals surface area (Å²) in [5.74, 6) is 2.08. The van der Waals surface area contributed by atoms with Gasteiger partial charge in [-0.3, -0.25) is 0 Å². The van der Waals surface area contributed by atoms with Crippen LogP contribution >= 0.6 is 0 Å². The lowest BCUT2D eigenvalue weighted by Crippen LogP contribution is -2.20. The fourth-order valence-corrected chi connectivity index (χ4v) is 1.57. The Kier molecular flexibility index (Phi) is 3.14. The highest BCUT2D eigenvalue weighted by atomic mass is 15.2. The molecule has 1 saturated carbocycles. The summed E-state index contributed by atoms with van der Waals surface area (Å²) in [6.07, 6.45) is 6.97. The van der Waals surface area contributed by atoms with Crippen molar-refractivity contribution in [2.45, 2.75) is 25.7 Å². The molecule has 78 valence electrons. The Labute approximate surface area is 84.7 Å². The second-order valence-electron chi connectivity index (χ2n) is 4.09. The summed E-state index contributed by atoms with van der Waals surface area (Å²) in [6, 6.07) is 0. The predicted molar refractivity (Wildman–Crippen MR) is 54.9 cm³/mol. The highest BCUT2D eigenvalue weighted by Crippen LogP contribution is 2.31. The number of hydrogen-bond acceptors (Lipinski definition) is 3. The first-order valence-corrected chi connectivity index (χ1v) is 5.40. The van der Waals surface area contributed by atoms with Crippen LogP contribution in [0, 0.1) is 5.92 Å². The molecule has 1 aliphatic carbocycles. The molecule has 0 aromatic carbocycles. The Balaban J connectivity index is 1.56. The van der Waals surface area contributed by atoms with Crippen molar-refractivity contribution in [2.75, 3.05) is 13.1 Å². The minimum atomic E-state index is 0.973. The molecule has 0 aliphatic heterocycles. The Bertz CT molecular complexity index is 277. The van der Waals surface area contributed by atoms with Crippen LogP contribution in [-0.2, 0) is 13.5 Å². The van der Waals surface area contributed by atoms with Crippen molar-refractivity contribution < 1.29 is 0 Å². The van der Waals surface area contributed by atoms with Crippen LogP contribution in [0.5, 0.6) is 0 Å². The number of nitrogens with one attached hydrogen (secondary N) is 1. The average Bonchev–Trinajstić information content (AvgIpc) is 2.91. The molecular formula is C10H18N4. The molecule has 1 fully saturated rings. The third kappa shape index (κ3) is 2.80. The molecular weight excluding hydrogens is 176 g/mol. The molecule has 0 atom stereocenters. The van der Waals surface area contributed by atoms with Gasteiger partial charge in [0.1, 0.15) is 12.2 Å². The van der Waals surface area contributed by atoms with Gasteiger partial charge in [0.15, 0.2) is 0 Å². The zero-order valence-corrected chi connectivity index (χ0v) is 8.74. The van der Waals surface area contributed by atoms with Crippen molar-refractivity contribution in [3.8, 4) is 0 Å². The molecule has 4 heteroatoms. The Morgan fingerprint density at radius 3 is 3.00 bits per heavy atom. The summed E-state index contributed by atoms with van der Waals surface area (Å²) in [4.78, 5) is 0. The highest BCUT2D eigenvalue weighted by Gasteiger charge is 2.19. The zero-order chi connectivity index (χ0) is 9.80. The molecule has 4 nitrogen and oxygen atoms in total. The highest BCUT2D eigenvalue weighted by molar-refractivity contribution is 4.84. The van der Waals surface area contributed by atoms with E-state index in [1.54, 1.807) is 6.33 Å². The number of aromatic nitrogens is 3. The number of aryl methyl sites for hydroxylation is 1. The van der Waals surface area contributed by atoms with E-state index in [0.717, 1.165) is 31.3 Å². The first-order chi connectivity index (χ1) is 6.86. The van der Waals surface area contributed by atoms with Gasteiger partial charge in [-0.05, 0) is 18.9 Å². The molecule has 0 bridgehead atoms. The molecule has 1 aromatic heterocycles. The van der Waals surface area contributed by atoms with Crippen molar-refractivity contribution in [1.82, 2.24) is 20.1 Å². The molecule has 14 heavy (non-hydrogen) atoms. The second-order valence-corrected chi connectivity index (χ2v) is 4.09. The fraction of sp³-hybridized carbons (Fsp3) is 0.800. The van der Waals surface area contributed by atoms with Crippen LogP contribution in [0.25, 0.3) is 0 Å². The first-order valence-electron chi connectivity index (χ1n) is 5.40. The van der Waals surface area contributed by atoms with Crippen molar-refractivity contribution in [3.05, 3.63) is 12.2 Å². The summed E-state index contributed by atoms with van der Waals surface area (Å²) in [5, 5.41) is 11.3. The van der Waals surface area contributed by atoms with Gasteiger partial charge in [-0.1, -0.05) is 12.8 Å². The van der Waals surface area contributed by atoms with Crippen LogP contribution in [0.15, 0.2) is 6.33 Å². The molecule has 0 radical (unpaired) electrons. The number of nitrogens with zero attached hydrogens (tertiary/aromatic N) is 3. The van der Waals surface area contributed by atoms with Gasteiger partial charge in [-0.2, -0.15) is 0 Å². The predicted octanol–water partition coefficient (Wildman–Crippen LogP) is 0.747. The Morgan fingerprint density at radius 1 is 1.50 bits per heavy atom. The normalized spacial score (nSPS) is 16.1. The summed E-state index contributed by atoms with van der Waals surface area (Å²) in [5.41, 5.74) is 0. The van der Waals surface area contributed by atoms with Gasteiger partial charge in [-0.25, -0.2) is 0 Å². The van der Waals surface area contributed by atoms with Crippen molar-refractivity contribution >= 4 is 0 Å². The van der Waals surface area contributed by atoms with Gasteiger partial charge >= 0.3 is 0 Å². The van der Waals surface area contributed by atoms with E-state index in [0.29, 0.717) is 0 Å². The zero-order valence-electron chi connectivity index (χ0n) is 8.74.